The Kier molecular flexibility index (Phi) is 5.69. The summed E-state index contributed by atoms with van der Waals surface area (Å²) in [7, 11) is 3.62. The Bertz CT molecular complexity index is 751. The first-order chi connectivity index (χ1) is 11.3. The van der Waals surface area contributed by atoms with Crippen LogP contribution in [-0.2, 0) is 0 Å². The van der Waals surface area contributed by atoms with Gasteiger partial charge < -0.3 is 21.3 Å². The second-order valence-electron chi connectivity index (χ2n) is 5.29. The van der Waals surface area contributed by atoms with Crippen LogP contribution >= 0.6 is 23.2 Å². The SMILES string of the molecule is CN(CCN(C)c1cnc(-c2cccc(Cl)c2Cl)c(N)n1)C(=N)N. The van der Waals surface area contributed by atoms with Crippen molar-refractivity contribution in [3.05, 3.63) is 34.4 Å². The number of nitrogens with two attached hydrogens (primary N) is 2. The molecule has 7 nitrogen and oxygen atoms in total. The van der Waals surface area contributed by atoms with Gasteiger partial charge in [0.05, 0.1) is 16.2 Å². The van der Waals surface area contributed by atoms with Crippen LogP contribution < -0.4 is 16.4 Å². The molecule has 0 aliphatic rings. The normalized spacial score (nSPS) is 10.5. The lowest BCUT2D eigenvalue weighted by Crippen LogP contribution is -2.38. The number of benzene rings is 1. The number of guanidine groups is 1. The maximum atomic E-state index is 7.36. The molecule has 0 amide bonds. The van der Waals surface area contributed by atoms with Crippen LogP contribution in [0.15, 0.2) is 24.4 Å². The number of hydrogen-bond acceptors (Lipinski definition) is 5. The molecule has 1 aromatic heterocycles. The molecule has 0 saturated carbocycles. The second-order valence-corrected chi connectivity index (χ2v) is 6.08. The number of likely N-dealkylation sites (N-methyl/N-ethyl adjacent to an activating group) is 2. The Labute approximate surface area is 150 Å². The van der Waals surface area contributed by atoms with Crippen molar-refractivity contribution in [2.24, 2.45) is 5.73 Å². The molecule has 0 bridgehead atoms. The molecule has 0 unspecified atom stereocenters. The summed E-state index contributed by atoms with van der Waals surface area (Å²) in [5, 5.41) is 8.19. The van der Waals surface area contributed by atoms with Crippen molar-refractivity contribution in [2.75, 3.05) is 37.8 Å². The third-order valence-electron chi connectivity index (χ3n) is 3.57. The van der Waals surface area contributed by atoms with Gasteiger partial charge in [-0.15, -0.1) is 0 Å². The predicted molar refractivity (Wildman–Crippen MR) is 99.7 cm³/mol. The minimum Gasteiger partial charge on any atom is -0.382 e. The van der Waals surface area contributed by atoms with E-state index in [4.69, 9.17) is 40.1 Å². The molecule has 24 heavy (non-hydrogen) atoms. The van der Waals surface area contributed by atoms with Crippen LogP contribution in [0.2, 0.25) is 10.0 Å². The Morgan fingerprint density at radius 2 is 1.96 bits per heavy atom. The van der Waals surface area contributed by atoms with Crippen LogP contribution in [-0.4, -0.2) is 48.0 Å². The van der Waals surface area contributed by atoms with Gasteiger partial charge in [0.2, 0.25) is 0 Å². The summed E-state index contributed by atoms with van der Waals surface area (Å²) in [5.74, 6) is 0.898. The van der Waals surface area contributed by atoms with Crippen molar-refractivity contribution in [1.82, 2.24) is 14.9 Å². The number of nitrogens with zero attached hydrogens (tertiary/aromatic N) is 4. The van der Waals surface area contributed by atoms with E-state index in [1.54, 1.807) is 36.3 Å². The highest BCUT2D eigenvalue weighted by atomic mass is 35.5. The molecule has 0 radical (unpaired) electrons. The molecule has 2 aromatic rings. The summed E-state index contributed by atoms with van der Waals surface area (Å²) in [4.78, 5) is 12.3. The van der Waals surface area contributed by atoms with Gasteiger partial charge in [0, 0.05) is 32.7 Å². The van der Waals surface area contributed by atoms with E-state index in [2.05, 4.69) is 9.97 Å². The molecule has 0 aliphatic heterocycles. The lowest BCUT2D eigenvalue weighted by molar-refractivity contribution is 0.500. The third-order valence-corrected chi connectivity index (χ3v) is 4.39. The largest absolute Gasteiger partial charge is 0.382 e. The van der Waals surface area contributed by atoms with Gasteiger partial charge in [-0.3, -0.25) is 5.41 Å². The lowest BCUT2D eigenvalue weighted by atomic mass is 10.1. The van der Waals surface area contributed by atoms with E-state index in [0.29, 0.717) is 40.2 Å². The smallest absolute Gasteiger partial charge is 0.188 e. The van der Waals surface area contributed by atoms with Crippen LogP contribution in [0.1, 0.15) is 0 Å². The number of nitrogen functional groups attached to an aromatic ring is 1. The first-order valence-electron chi connectivity index (χ1n) is 7.14. The molecule has 0 atom stereocenters. The number of hydrogen-bond donors (Lipinski definition) is 3. The van der Waals surface area contributed by atoms with E-state index in [0.717, 1.165) is 0 Å². The Balaban J connectivity index is 2.20. The van der Waals surface area contributed by atoms with Crippen molar-refractivity contribution in [3.63, 3.8) is 0 Å². The van der Waals surface area contributed by atoms with Crippen LogP contribution in [0.25, 0.3) is 11.3 Å². The molecular weight excluding hydrogens is 349 g/mol. The molecular formula is C15H19Cl2N7. The second kappa shape index (κ2) is 7.55. The van der Waals surface area contributed by atoms with Gasteiger partial charge in [-0.1, -0.05) is 35.3 Å². The van der Waals surface area contributed by atoms with E-state index in [-0.39, 0.29) is 11.8 Å². The van der Waals surface area contributed by atoms with Gasteiger partial charge in [0.15, 0.2) is 11.8 Å². The van der Waals surface area contributed by atoms with E-state index < -0.39 is 0 Å². The summed E-state index contributed by atoms with van der Waals surface area (Å²) in [5.41, 5.74) is 12.6. The zero-order valence-corrected chi connectivity index (χ0v) is 14.9. The Hall–Kier alpha value is -2.25. The van der Waals surface area contributed by atoms with E-state index in [9.17, 15) is 0 Å². The highest BCUT2D eigenvalue weighted by molar-refractivity contribution is 6.43. The number of aromatic nitrogens is 2. The minimum atomic E-state index is 0.0138. The highest BCUT2D eigenvalue weighted by Crippen LogP contribution is 2.34. The molecule has 0 spiro atoms. The zero-order chi connectivity index (χ0) is 17.9. The molecule has 9 heteroatoms. The van der Waals surface area contributed by atoms with Crippen molar-refractivity contribution in [1.29, 1.82) is 5.41 Å². The van der Waals surface area contributed by atoms with Crippen molar-refractivity contribution >= 4 is 40.8 Å². The van der Waals surface area contributed by atoms with Crippen LogP contribution in [0, 0.1) is 5.41 Å². The van der Waals surface area contributed by atoms with Gasteiger partial charge >= 0.3 is 0 Å². The zero-order valence-electron chi connectivity index (χ0n) is 13.4. The van der Waals surface area contributed by atoms with Crippen molar-refractivity contribution in [3.8, 4) is 11.3 Å². The molecule has 0 fully saturated rings. The van der Waals surface area contributed by atoms with Crippen molar-refractivity contribution < 1.29 is 0 Å². The van der Waals surface area contributed by atoms with Crippen LogP contribution in [0.5, 0.6) is 0 Å². The average Bonchev–Trinajstić information content (AvgIpc) is 2.55. The third kappa shape index (κ3) is 3.98. The van der Waals surface area contributed by atoms with E-state index >= 15 is 0 Å². The van der Waals surface area contributed by atoms with Gasteiger partial charge in [0.25, 0.3) is 0 Å². The summed E-state index contributed by atoms with van der Waals surface area (Å²) < 4.78 is 0. The van der Waals surface area contributed by atoms with E-state index in [1.165, 1.54) is 0 Å². The molecule has 128 valence electrons. The molecule has 2 rings (SSSR count). The average molecular weight is 368 g/mol. The molecule has 0 aliphatic carbocycles. The van der Waals surface area contributed by atoms with Crippen molar-refractivity contribution in [2.45, 2.75) is 0 Å². The fourth-order valence-electron chi connectivity index (χ4n) is 2.01. The fourth-order valence-corrected chi connectivity index (χ4v) is 2.40. The van der Waals surface area contributed by atoms with Gasteiger partial charge in [-0.25, -0.2) is 9.97 Å². The topological polar surface area (TPSA) is 108 Å². The monoisotopic (exact) mass is 367 g/mol. The first kappa shape index (κ1) is 18.1. The number of halogens is 2. The maximum Gasteiger partial charge on any atom is 0.188 e. The van der Waals surface area contributed by atoms with Crippen LogP contribution in [0.3, 0.4) is 0 Å². The van der Waals surface area contributed by atoms with Gasteiger partial charge in [-0.2, -0.15) is 0 Å². The molecule has 1 aromatic carbocycles. The predicted octanol–water partition coefficient (Wildman–Crippen LogP) is 2.29. The highest BCUT2D eigenvalue weighted by Gasteiger charge is 2.14. The molecule has 1 heterocycles. The summed E-state index contributed by atoms with van der Waals surface area (Å²) in [6.45, 7) is 1.19. The summed E-state index contributed by atoms with van der Waals surface area (Å²) in [6, 6.07) is 5.27. The molecule has 5 N–H and O–H groups in total. The first-order valence-corrected chi connectivity index (χ1v) is 7.90. The Morgan fingerprint density at radius 3 is 2.58 bits per heavy atom. The fraction of sp³-hybridized carbons (Fsp3) is 0.267. The number of nitrogens with one attached hydrogen (secondary N) is 1. The maximum absolute atomic E-state index is 7.36. The summed E-state index contributed by atoms with van der Waals surface area (Å²) in [6.07, 6.45) is 1.62. The minimum absolute atomic E-state index is 0.0138. The van der Waals surface area contributed by atoms with Gasteiger partial charge in [-0.05, 0) is 6.07 Å². The quantitative estimate of drug-likeness (QED) is 0.552. The summed E-state index contributed by atoms with van der Waals surface area (Å²) >= 11 is 12.2. The van der Waals surface area contributed by atoms with Crippen LogP contribution in [0.4, 0.5) is 11.6 Å². The molecule has 0 saturated heterocycles. The number of anilines is 2. The van der Waals surface area contributed by atoms with E-state index in [1.807, 2.05) is 11.9 Å². The Morgan fingerprint density at radius 1 is 1.25 bits per heavy atom. The number of rotatable bonds is 5. The van der Waals surface area contributed by atoms with Gasteiger partial charge in [0.1, 0.15) is 11.5 Å². The standard InChI is InChI=1S/C15H19Cl2N7/c1-23(6-7-24(2)15(19)20)11-8-21-13(14(18)22-11)9-4-3-5-10(16)12(9)17/h3-5,8H,6-7H2,1-2H3,(H2,18,22)(H3,19,20). The lowest BCUT2D eigenvalue weighted by Gasteiger charge is -2.23.